The van der Waals surface area contributed by atoms with Crippen molar-refractivity contribution in [3.05, 3.63) is 60.9 Å². The highest BCUT2D eigenvalue weighted by Crippen LogP contribution is 2.35. The van der Waals surface area contributed by atoms with Gasteiger partial charge in [-0.1, -0.05) is 67.4 Å². The number of aromatic nitrogens is 3. The Kier molecular flexibility index (Phi) is 5.76. The van der Waals surface area contributed by atoms with Crippen LogP contribution in [0.25, 0.3) is 22.4 Å². The smallest absolute Gasteiger partial charge is 0.234 e. The molecule has 0 radical (unpaired) electrons. The van der Waals surface area contributed by atoms with E-state index < -0.39 is 0 Å². The van der Waals surface area contributed by atoms with Crippen molar-refractivity contribution in [1.82, 2.24) is 14.8 Å². The number of benzene rings is 2. The van der Waals surface area contributed by atoms with Crippen LogP contribution in [-0.4, -0.2) is 26.4 Å². The minimum atomic E-state index is -0.0564. The number of carbonyl (C=O) groups excluding carboxylic acids is 1. The van der Waals surface area contributed by atoms with Gasteiger partial charge in [0.1, 0.15) is 0 Å². The van der Waals surface area contributed by atoms with Crippen molar-refractivity contribution in [3.63, 3.8) is 0 Å². The summed E-state index contributed by atoms with van der Waals surface area (Å²) in [5, 5.41) is 14.8. The van der Waals surface area contributed by atoms with E-state index in [9.17, 15) is 4.79 Å². The maximum Gasteiger partial charge on any atom is 0.234 e. The van der Waals surface area contributed by atoms with Crippen molar-refractivity contribution >= 4 is 34.1 Å². The molecule has 2 heterocycles. The summed E-state index contributed by atoms with van der Waals surface area (Å²) in [7, 11) is 0. The maximum absolute atomic E-state index is 12.7. The van der Waals surface area contributed by atoms with Gasteiger partial charge in [-0.3, -0.25) is 9.36 Å². The number of carbonyl (C=O) groups is 1. The van der Waals surface area contributed by atoms with Gasteiger partial charge in [-0.15, -0.1) is 10.2 Å². The molecule has 0 unspecified atom stereocenters. The third-order valence-electron chi connectivity index (χ3n) is 5.74. The van der Waals surface area contributed by atoms with Crippen LogP contribution in [0.2, 0.25) is 0 Å². The number of nitrogens with zero attached hydrogens (tertiary/aromatic N) is 3. The average molecular weight is 433 g/mol. The first-order valence-electron chi connectivity index (χ1n) is 10.7. The topological polar surface area (TPSA) is 73.0 Å². The first-order valence-corrected chi connectivity index (χ1v) is 11.7. The normalized spacial score (nSPS) is 14.7. The summed E-state index contributed by atoms with van der Waals surface area (Å²) in [6, 6.07) is 18.1. The SMILES string of the molecule is O=C(CSc1nnc(-c2ccco2)n1C1CCCCC1)Nc1cccc2ccccc12. The highest BCUT2D eigenvalue weighted by Gasteiger charge is 2.25. The van der Waals surface area contributed by atoms with Gasteiger partial charge in [-0.05, 0) is 36.4 Å². The number of anilines is 1. The van der Waals surface area contributed by atoms with Gasteiger partial charge in [0.25, 0.3) is 0 Å². The zero-order valence-electron chi connectivity index (χ0n) is 17.2. The fraction of sp³-hybridized carbons (Fsp3) is 0.292. The van der Waals surface area contributed by atoms with Gasteiger partial charge < -0.3 is 9.73 Å². The molecular formula is C24H24N4O2S. The first kappa shape index (κ1) is 19.9. The van der Waals surface area contributed by atoms with E-state index in [1.165, 1.54) is 31.0 Å². The number of hydrogen-bond donors (Lipinski definition) is 1. The lowest BCUT2D eigenvalue weighted by Crippen LogP contribution is -2.17. The van der Waals surface area contributed by atoms with Crippen LogP contribution < -0.4 is 5.32 Å². The second-order valence-corrected chi connectivity index (χ2v) is 8.75. The average Bonchev–Trinajstić information content (AvgIpc) is 3.48. The minimum absolute atomic E-state index is 0.0564. The van der Waals surface area contributed by atoms with Crippen molar-refractivity contribution in [1.29, 1.82) is 0 Å². The van der Waals surface area contributed by atoms with E-state index in [1.54, 1.807) is 6.26 Å². The number of hydrogen-bond acceptors (Lipinski definition) is 5. The van der Waals surface area contributed by atoms with Gasteiger partial charge in [-0.2, -0.15) is 0 Å². The van der Waals surface area contributed by atoms with Gasteiger partial charge in [0, 0.05) is 17.1 Å². The molecule has 1 N–H and O–H groups in total. The molecule has 4 aromatic rings. The Hall–Kier alpha value is -3.06. The molecule has 2 aromatic heterocycles. The van der Waals surface area contributed by atoms with E-state index >= 15 is 0 Å². The van der Waals surface area contributed by atoms with E-state index in [1.807, 2.05) is 54.6 Å². The third-order valence-corrected chi connectivity index (χ3v) is 6.69. The van der Waals surface area contributed by atoms with Crippen molar-refractivity contribution in [2.75, 3.05) is 11.1 Å². The van der Waals surface area contributed by atoms with Gasteiger partial charge >= 0.3 is 0 Å². The molecule has 1 fully saturated rings. The van der Waals surface area contributed by atoms with Crippen LogP contribution in [-0.2, 0) is 4.79 Å². The highest BCUT2D eigenvalue weighted by atomic mass is 32.2. The number of thioether (sulfide) groups is 1. The number of rotatable bonds is 6. The molecule has 0 saturated heterocycles. The number of fused-ring (bicyclic) bond motifs is 1. The van der Waals surface area contributed by atoms with Gasteiger partial charge in [0.05, 0.1) is 12.0 Å². The van der Waals surface area contributed by atoms with Crippen LogP contribution in [0.5, 0.6) is 0 Å². The number of furan rings is 1. The van der Waals surface area contributed by atoms with Crippen molar-refractivity contribution in [2.24, 2.45) is 0 Å². The summed E-state index contributed by atoms with van der Waals surface area (Å²) in [4.78, 5) is 12.7. The predicted molar refractivity (Wildman–Crippen MR) is 123 cm³/mol. The molecule has 0 aliphatic heterocycles. The van der Waals surface area contributed by atoms with Crippen LogP contribution in [0.15, 0.2) is 70.4 Å². The summed E-state index contributed by atoms with van der Waals surface area (Å²) in [5.74, 6) is 1.67. The van der Waals surface area contributed by atoms with Gasteiger partial charge in [-0.25, -0.2) is 0 Å². The molecule has 31 heavy (non-hydrogen) atoms. The molecular weight excluding hydrogens is 408 g/mol. The molecule has 1 saturated carbocycles. The van der Waals surface area contributed by atoms with Crippen molar-refractivity contribution in [3.8, 4) is 11.6 Å². The molecule has 1 aliphatic rings. The molecule has 0 bridgehead atoms. The summed E-state index contributed by atoms with van der Waals surface area (Å²) in [5.41, 5.74) is 0.828. The van der Waals surface area contributed by atoms with E-state index in [2.05, 4.69) is 20.1 Å². The zero-order chi connectivity index (χ0) is 21.0. The summed E-state index contributed by atoms with van der Waals surface area (Å²) >= 11 is 1.43. The molecule has 158 valence electrons. The number of amides is 1. The fourth-order valence-corrected chi connectivity index (χ4v) is 5.07. The molecule has 0 atom stereocenters. The molecule has 0 spiro atoms. The Bertz CT molecular complexity index is 1170. The van der Waals surface area contributed by atoms with E-state index in [-0.39, 0.29) is 11.7 Å². The van der Waals surface area contributed by atoms with Crippen LogP contribution >= 0.6 is 11.8 Å². The second-order valence-electron chi connectivity index (χ2n) is 7.81. The zero-order valence-corrected chi connectivity index (χ0v) is 18.0. The molecule has 7 heteroatoms. The Morgan fingerprint density at radius 1 is 1.03 bits per heavy atom. The Morgan fingerprint density at radius 2 is 1.87 bits per heavy atom. The van der Waals surface area contributed by atoms with Crippen LogP contribution in [0.4, 0.5) is 5.69 Å². The fourth-order valence-electron chi connectivity index (χ4n) is 4.27. The number of nitrogens with one attached hydrogen (secondary N) is 1. The van der Waals surface area contributed by atoms with Crippen LogP contribution in [0.1, 0.15) is 38.1 Å². The largest absolute Gasteiger partial charge is 0.461 e. The predicted octanol–water partition coefficient (Wildman–Crippen LogP) is 5.93. The Balaban J connectivity index is 1.34. The lowest BCUT2D eigenvalue weighted by molar-refractivity contribution is -0.113. The van der Waals surface area contributed by atoms with Crippen molar-refractivity contribution < 1.29 is 9.21 Å². The van der Waals surface area contributed by atoms with E-state index in [0.29, 0.717) is 11.8 Å². The molecule has 1 aliphatic carbocycles. The molecule has 2 aromatic carbocycles. The van der Waals surface area contributed by atoms with Gasteiger partial charge in [0.15, 0.2) is 10.9 Å². The first-order chi connectivity index (χ1) is 15.3. The summed E-state index contributed by atoms with van der Waals surface area (Å²) in [6.45, 7) is 0. The van der Waals surface area contributed by atoms with Crippen molar-refractivity contribution in [2.45, 2.75) is 43.3 Å². The highest BCUT2D eigenvalue weighted by molar-refractivity contribution is 7.99. The summed E-state index contributed by atoms with van der Waals surface area (Å²) in [6.07, 6.45) is 7.52. The third kappa shape index (κ3) is 4.23. The minimum Gasteiger partial charge on any atom is -0.461 e. The quantitative estimate of drug-likeness (QED) is 0.383. The second kappa shape index (κ2) is 8.98. The molecule has 5 rings (SSSR count). The Morgan fingerprint density at radius 3 is 2.71 bits per heavy atom. The molecule has 1 amide bonds. The van der Waals surface area contributed by atoms with Crippen LogP contribution in [0, 0.1) is 0 Å². The Labute approximate surface area is 185 Å². The van der Waals surface area contributed by atoms with E-state index in [0.717, 1.165) is 40.3 Å². The molecule has 6 nitrogen and oxygen atoms in total. The van der Waals surface area contributed by atoms with Gasteiger partial charge in [0.2, 0.25) is 11.7 Å². The summed E-state index contributed by atoms with van der Waals surface area (Å²) < 4.78 is 7.77. The van der Waals surface area contributed by atoms with E-state index in [4.69, 9.17) is 4.42 Å². The lowest BCUT2D eigenvalue weighted by atomic mass is 9.95. The maximum atomic E-state index is 12.7. The standard InChI is InChI=1S/C24H24N4O2S/c29-22(25-20-13-6-9-17-8-4-5-12-19(17)20)16-31-24-27-26-23(21-14-7-15-30-21)28(24)18-10-2-1-3-11-18/h4-9,12-15,18H,1-3,10-11,16H2,(H,25,29). The monoisotopic (exact) mass is 432 g/mol. The van der Waals surface area contributed by atoms with Crippen LogP contribution in [0.3, 0.4) is 0 Å². The lowest BCUT2D eigenvalue weighted by Gasteiger charge is -2.25.